The minimum absolute atomic E-state index is 0.289. The highest BCUT2D eigenvalue weighted by Crippen LogP contribution is 2.48. The molecule has 2 aliphatic rings. The number of hydrogen-bond acceptors (Lipinski definition) is 4. The molecular weight excluding hydrogens is 350 g/mol. The second-order valence-corrected chi connectivity index (χ2v) is 7.83. The Morgan fingerprint density at radius 3 is 2.43 bits per heavy atom. The van der Waals surface area contributed by atoms with Gasteiger partial charge >= 0.3 is 0 Å². The number of ether oxygens (including phenoxy) is 2. The Labute approximate surface area is 167 Å². The Morgan fingerprint density at radius 2 is 1.79 bits per heavy atom. The molecule has 0 aromatic heterocycles. The first-order chi connectivity index (χ1) is 13.6. The molecule has 4 rings (SSSR count). The Bertz CT molecular complexity index is 841. The normalized spacial score (nSPS) is 26.6. The third kappa shape index (κ3) is 3.61. The SMILES string of the molecule is C#CCOc1ccc(CN2[C@@H]3CC[C@@H]2CC(O)(c2ccccc2OC)C3)cc1. The largest absolute Gasteiger partial charge is 0.496 e. The van der Waals surface area contributed by atoms with Gasteiger partial charge in [-0.3, -0.25) is 4.90 Å². The Balaban J connectivity index is 1.48. The molecule has 2 aromatic carbocycles. The predicted molar refractivity (Wildman–Crippen MR) is 109 cm³/mol. The summed E-state index contributed by atoms with van der Waals surface area (Å²) in [5, 5.41) is 11.5. The van der Waals surface area contributed by atoms with Crippen molar-refractivity contribution in [2.45, 2.75) is 49.9 Å². The lowest BCUT2D eigenvalue weighted by Gasteiger charge is -2.44. The zero-order valence-corrected chi connectivity index (χ0v) is 16.3. The van der Waals surface area contributed by atoms with Crippen LogP contribution in [0.25, 0.3) is 0 Å². The zero-order valence-electron chi connectivity index (χ0n) is 16.3. The van der Waals surface area contributed by atoms with Crippen LogP contribution >= 0.6 is 0 Å². The smallest absolute Gasteiger partial charge is 0.148 e. The quantitative estimate of drug-likeness (QED) is 0.779. The lowest BCUT2D eigenvalue weighted by Crippen LogP contribution is -2.49. The maximum atomic E-state index is 11.5. The zero-order chi connectivity index (χ0) is 19.6. The molecule has 0 saturated carbocycles. The van der Waals surface area contributed by atoms with Crippen LogP contribution in [0.4, 0.5) is 0 Å². The third-order valence-corrected chi connectivity index (χ3v) is 6.14. The van der Waals surface area contributed by atoms with Gasteiger partial charge < -0.3 is 14.6 Å². The van der Waals surface area contributed by atoms with Gasteiger partial charge in [0.25, 0.3) is 0 Å². The summed E-state index contributed by atoms with van der Waals surface area (Å²) in [5.74, 6) is 4.06. The van der Waals surface area contributed by atoms with E-state index >= 15 is 0 Å². The van der Waals surface area contributed by atoms with Crippen molar-refractivity contribution in [3.8, 4) is 23.8 Å². The van der Waals surface area contributed by atoms with E-state index in [1.807, 2.05) is 36.4 Å². The lowest BCUT2D eigenvalue weighted by molar-refractivity contribution is -0.0606. The standard InChI is InChI=1S/C24H27NO3/c1-3-14-28-21-12-8-18(9-13-21)17-25-19-10-11-20(25)16-24(26,15-19)22-6-4-5-7-23(22)27-2/h1,4-9,12-13,19-20,26H,10-11,14-17H2,2H3/t19-,20-/m1/s1. The second kappa shape index (κ2) is 7.87. The van der Waals surface area contributed by atoms with Crippen LogP contribution in [0.15, 0.2) is 48.5 Å². The van der Waals surface area contributed by atoms with E-state index in [-0.39, 0.29) is 6.61 Å². The minimum atomic E-state index is -0.818. The summed E-state index contributed by atoms with van der Waals surface area (Å²) in [6.07, 6.45) is 8.99. The molecule has 0 amide bonds. The molecule has 2 fully saturated rings. The molecule has 0 radical (unpaired) electrons. The number of nitrogens with zero attached hydrogens (tertiary/aromatic N) is 1. The molecule has 0 spiro atoms. The number of aliphatic hydroxyl groups is 1. The van der Waals surface area contributed by atoms with Gasteiger partial charge in [0.05, 0.1) is 12.7 Å². The van der Waals surface area contributed by atoms with E-state index in [0.29, 0.717) is 12.1 Å². The summed E-state index contributed by atoms with van der Waals surface area (Å²) < 4.78 is 11.0. The van der Waals surface area contributed by atoms with Crippen LogP contribution in [0.3, 0.4) is 0 Å². The third-order valence-electron chi connectivity index (χ3n) is 6.14. The fraction of sp³-hybridized carbons (Fsp3) is 0.417. The van der Waals surface area contributed by atoms with E-state index in [1.165, 1.54) is 5.56 Å². The van der Waals surface area contributed by atoms with E-state index in [4.69, 9.17) is 15.9 Å². The van der Waals surface area contributed by atoms with Gasteiger partial charge in [-0.25, -0.2) is 0 Å². The van der Waals surface area contributed by atoms with Crippen LogP contribution in [-0.4, -0.2) is 35.8 Å². The maximum Gasteiger partial charge on any atom is 0.148 e. The number of para-hydroxylation sites is 1. The van der Waals surface area contributed by atoms with E-state index < -0.39 is 5.60 Å². The van der Waals surface area contributed by atoms with Gasteiger partial charge in [-0.1, -0.05) is 36.3 Å². The van der Waals surface area contributed by atoms with Gasteiger partial charge in [0, 0.05) is 24.2 Å². The highest BCUT2D eigenvalue weighted by Gasteiger charge is 2.48. The van der Waals surface area contributed by atoms with Crippen molar-refractivity contribution in [3.05, 3.63) is 59.7 Å². The average Bonchev–Trinajstić information content (AvgIpc) is 2.96. The predicted octanol–water partition coefficient (Wildman–Crippen LogP) is 3.72. The topological polar surface area (TPSA) is 41.9 Å². The van der Waals surface area contributed by atoms with E-state index in [2.05, 4.69) is 23.0 Å². The van der Waals surface area contributed by atoms with Crippen LogP contribution < -0.4 is 9.47 Å². The lowest BCUT2D eigenvalue weighted by atomic mass is 9.80. The summed E-state index contributed by atoms with van der Waals surface area (Å²) in [6, 6.07) is 16.8. The summed E-state index contributed by atoms with van der Waals surface area (Å²) >= 11 is 0. The van der Waals surface area contributed by atoms with Crippen LogP contribution in [0, 0.1) is 12.3 Å². The number of rotatable bonds is 6. The molecule has 2 saturated heterocycles. The average molecular weight is 377 g/mol. The maximum absolute atomic E-state index is 11.5. The molecule has 2 heterocycles. The number of methoxy groups -OCH3 is 1. The molecule has 4 nitrogen and oxygen atoms in total. The Hall–Kier alpha value is -2.48. The fourth-order valence-electron chi connectivity index (χ4n) is 4.85. The molecule has 146 valence electrons. The minimum Gasteiger partial charge on any atom is -0.496 e. The fourth-order valence-corrected chi connectivity index (χ4v) is 4.85. The van der Waals surface area contributed by atoms with E-state index in [9.17, 15) is 5.11 Å². The van der Waals surface area contributed by atoms with Crippen LogP contribution in [-0.2, 0) is 12.1 Å². The number of fused-ring (bicyclic) bond motifs is 2. The molecule has 0 unspecified atom stereocenters. The molecule has 2 aromatic rings. The van der Waals surface area contributed by atoms with Gasteiger partial charge in [-0.2, -0.15) is 0 Å². The number of benzene rings is 2. The molecular formula is C24H27NO3. The first-order valence-corrected chi connectivity index (χ1v) is 9.90. The van der Waals surface area contributed by atoms with Gasteiger partial charge in [-0.05, 0) is 49.4 Å². The van der Waals surface area contributed by atoms with Gasteiger partial charge in [0.15, 0.2) is 0 Å². The number of terminal acetylenes is 1. The summed E-state index contributed by atoms with van der Waals surface area (Å²) in [7, 11) is 1.67. The number of piperidine rings is 1. The van der Waals surface area contributed by atoms with Gasteiger partial charge in [-0.15, -0.1) is 6.42 Å². The Kier molecular flexibility index (Phi) is 5.30. The van der Waals surface area contributed by atoms with Crippen LogP contribution in [0.5, 0.6) is 11.5 Å². The van der Waals surface area contributed by atoms with Crippen LogP contribution in [0.1, 0.15) is 36.8 Å². The van der Waals surface area contributed by atoms with E-state index in [0.717, 1.165) is 49.3 Å². The van der Waals surface area contributed by atoms with Crippen molar-refractivity contribution in [1.29, 1.82) is 0 Å². The highest BCUT2D eigenvalue weighted by molar-refractivity contribution is 5.39. The Morgan fingerprint density at radius 1 is 1.11 bits per heavy atom. The molecule has 4 heteroatoms. The summed E-state index contributed by atoms with van der Waals surface area (Å²) in [5.41, 5.74) is 1.36. The monoisotopic (exact) mass is 377 g/mol. The van der Waals surface area contributed by atoms with Gasteiger partial charge in [0.2, 0.25) is 0 Å². The molecule has 28 heavy (non-hydrogen) atoms. The first-order valence-electron chi connectivity index (χ1n) is 9.90. The molecule has 2 bridgehead atoms. The molecule has 1 N–H and O–H groups in total. The van der Waals surface area contributed by atoms with Crippen molar-refractivity contribution in [2.24, 2.45) is 0 Å². The molecule has 0 aliphatic carbocycles. The van der Waals surface area contributed by atoms with Crippen molar-refractivity contribution >= 4 is 0 Å². The van der Waals surface area contributed by atoms with Gasteiger partial charge in [0.1, 0.15) is 18.1 Å². The van der Waals surface area contributed by atoms with Crippen molar-refractivity contribution < 1.29 is 14.6 Å². The van der Waals surface area contributed by atoms with Crippen molar-refractivity contribution in [2.75, 3.05) is 13.7 Å². The number of hydrogen-bond donors (Lipinski definition) is 1. The summed E-state index contributed by atoms with van der Waals surface area (Å²) in [4.78, 5) is 2.56. The molecule has 2 aliphatic heterocycles. The van der Waals surface area contributed by atoms with Crippen LogP contribution in [0.2, 0.25) is 0 Å². The van der Waals surface area contributed by atoms with Crippen molar-refractivity contribution in [1.82, 2.24) is 4.90 Å². The van der Waals surface area contributed by atoms with Crippen molar-refractivity contribution in [3.63, 3.8) is 0 Å². The second-order valence-electron chi connectivity index (χ2n) is 7.83. The van der Waals surface area contributed by atoms with E-state index in [1.54, 1.807) is 7.11 Å². The summed E-state index contributed by atoms with van der Waals surface area (Å²) in [6.45, 7) is 1.18. The molecule has 2 atom stereocenters. The highest BCUT2D eigenvalue weighted by atomic mass is 16.5. The first kappa shape index (κ1) is 18.9.